The minimum Gasteiger partial charge on any atom is -0.475 e. The zero-order valence-corrected chi connectivity index (χ0v) is 15.6. The van der Waals surface area contributed by atoms with Gasteiger partial charge in [0.25, 0.3) is 0 Å². The third-order valence-electron chi connectivity index (χ3n) is 4.18. The van der Waals surface area contributed by atoms with Crippen molar-refractivity contribution < 1.29 is 32.3 Å². The fourth-order valence-electron chi connectivity index (χ4n) is 2.82. The summed E-state index contributed by atoms with van der Waals surface area (Å²) in [5.74, 6) is -1.90. The number of ether oxygens (including phenoxy) is 1. The quantitative estimate of drug-likeness (QED) is 0.819. The summed E-state index contributed by atoms with van der Waals surface area (Å²) < 4.78 is 44.8. The first-order valence-corrected chi connectivity index (χ1v) is 8.73. The number of carboxylic acid groups (broad SMARTS) is 1. The lowest BCUT2D eigenvalue weighted by Crippen LogP contribution is -2.37. The SMILES string of the molecule is CCOCC1CCn2cncc2CN1Cc1cc(C)on1.O=C(O)C(F)(F)F. The highest BCUT2D eigenvalue weighted by atomic mass is 19.4. The molecule has 1 unspecified atom stereocenters. The predicted octanol–water partition coefficient (Wildman–Crippen LogP) is 2.62. The number of fused-ring (bicyclic) bond motifs is 1. The van der Waals surface area contributed by atoms with Gasteiger partial charge in [-0.3, -0.25) is 4.90 Å². The predicted molar refractivity (Wildman–Crippen MR) is 91.3 cm³/mol. The molecular weight excluding hydrogens is 381 g/mol. The van der Waals surface area contributed by atoms with Crippen LogP contribution in [0.2, 0.25) is 0 Å². The van der Waals surface area contributed by atoms with E-state index >= 15 is 0 Å². The number of nitrogens with zero attached hydrogens (tertiary/aromatic N) is 4. The van der Waals surface area contributed by atoms with E-state index in [1.54, 1.807) is 0 Å². The minimum absolute atomic E-state index is 0.391. The molecule has 156 valence electrons. The van der Waals surface area contributed by atoms with Crippen molar-refractivity contribution in [2.75, 3.05) is 13.2 Å². The molecule has 8 nitrogen and oxygen atoms in total. The van der Waals surface area contributed by atoms with Gasteiger partial charge in [-0.1, -0.05) is 5.16 Å². The van der Waals surface area contributed by atoms with Crippen LogP contribution in [0.15, 0.2) is 23.1 Å². The van der Waals surface area contributed by atoms with E-state index in [4.69, 9.17) is 19.2 Å². The Morgan fingerprint density at radius 3 is 2.75 bits per heavy atom. The lowest BCUT2D eigenvalue weighted by Gasteiger charge is -2.28. The maximum absolute atomic E-state index is 10.6. The number of hydrogen-bond donors (Lipinski definition) is 1. The van der Waals surface area contributed by atoms with Crippen LogP contribution in [-0.2, 0) is 29.2 Å². The number of aliphatic carboxylic acids is 1. The van der Waals surface area contributed by atoms with Gasteiger partial charge in [-0.2, -0.15) is 13.2 Å². The molecule has 0 spiro atoms. The molecule has 0 bridgehead atoms. The largest absolute Gasteiger partial charge is 0.490 e. The fraction of sp³-hybridized carbons (Fsp3) is 0.588. The summed E-state index contributed by atoms with van der Waals surface area (Å²) in [6, 6.07) is 2.39. The second kappa shape index (κ2) is 9.69. The first kappa shape index (κ1) is 21.9. The van der Waals surface area contributed by atoms with Gasteiger partial charge in [-0.15, -0.1) is 0 Å². The lowest BCUT2D eigenvalue weighted by molar-refractivity contribution is -0.192. The number of aryl methyl sites for hydroxylation is 2. The molecule has 0 radical (unpaired) electrons. The Balaban J connectivity index is 0.000000345. The summed E-state index contributed by atoms with van der Waals surface area (Å²) in [6.07, 6.45) is -0.166. The zero-order valence-electron chi connectivity index (χ0n) is 15.6. The maximum Gasteiger partial charge on any atom is 0.490 e. The van der Waals surface area contributed by atoms with Crippen molar-refractivity contribution in [3.63, 3.8) is 0 Å². The van der Waals surface area contributed by atoms with Gasteiger partial charge in [0.15, 0.2) is 0 Å². The second-order valence-corrected chi connectivity index (χ2v) is 6.32. The average Bonchev–Trinajstić information content (AvgIpc) is 3.19. The number of carboxylic acids is 1. The van der Waals surface area contributed by atoms with Crippen LogP contribution < -0.4 is 0 Å². The first-order chi connectivity index (χ1) is 13.2. The van der Waals surface area contributed by atoms with Gasteiger partial charge in [-0.25, -0.2) is 9.78 Å². The summed E-state index contributed by atoms with van der Waals surface area (Å²) in [6.45, 7) is 8.10. The van der Waals surface area contributed by atoms with Crippen molar-refractivity contribution in [1.29, 1.82) is 0 Å². The zero-order chi connectivity index (χ0) is 20.7. The average molecular weight is 404 g/mol. The smallest absolute Gasteiger partial charge is 0.475 e. The Kier molecular flexibility index (Phi) is 7.58. The highest BCUT2D eigenvalue weighted by Crippen LogP contribution is 2.20. The van der Waals surface area contributed by atoms with Gasteiger partial charge in [0, 0.05) is 44.5 Å². The first-order valence-electron chi connectivity index (χ1n) is 8.73. The van der Waals surface area contributed by atoms with Gasteiger partial charge in [0.05, 0.1) is 24.3 Å². The molecule has 1 atom stereocenters. The molecule has 0 fully saturated rings. The number of carbonyl (C=O) groups is 1. The van der Waals surface area contributed by atoms with Crippen molar-refractivity contribution in [3.05, 3.63) is 35.7 Å². The van der Waals surface area contributed by atoms with Crippen LogP contribution in [0.4, 0.5) is 13.2 Å². The Bertz CT molecular complexity index is 760. The molecule has 0 amide bonds. The number of imidazole rings is 1. The van der Waals surface area contributed by atoms with Crippen molar-refractivity contribution in [2.24, 2.45) is 0 Å². The number of aromatic nitrogens is 3. The normalized spacial score (nSPS) is 17.4. The molecule has 0 aromatic carbocycles. The van der Waals surface area contributed by atoms with Crippen LogP contribution in [0.3, 0.4) is 0 Å². The molecule has 1 aliphatic rings. The van der Waals surface area contributed by atoms with E-state index < -0.39 is 12.1 Å². The molecule has 2 aromatic rings. The van der Waals surface area contributed by atoms with Crippen LogP contribution in [0.1, 0.15) is 30.5 Å². The highest BCUT2D eigenvalue weighted by molar-refractivity contribution is 5.73. The van der Waals surface area contributed by atoms with E-state index in [0.29, 0.717) is 6.04 Å². The summed E-state index contributed by atoms with van der Waals surface area (Å²) in [5, 5.41) is 11.2. The van der Waals surface area contributed by atoms with Crippen molar-refractivity contribution in [1.82, 2.24) is 19.6 Å². The Morgan fingerprint density at radius 1 is 1.46 bits per heavy atom. The number of hydrogen-bond acceptors (Lipinski definition) is 6. The van der Waals surface area contributed by atoms with E-state index in [-0.39, 0.29) is 0 Å². The van der Waals surface area contributed by atoms with Crippen LogP contribution in [0.5, 0.6) is 0 Å². The Labute approximate surface area is 159 Å². The van der Waals surface area contributed by atoms with Gasteiger partial charge < -0.3 is 18.9 Å². The van der Waals surface area contributed by atoms with Crippen LogP contribution in [0.25, 0.3) is 0 Å². The summed E-state index contributed by atoms with van der Waals surface area (Å²) in [7, 11) is 0. The molecule has 0 aliphatic carbocycles. The number of rotatable bonds is 5. The van der Waals surface area contributed by atoms with Crippen LogP contribution in [-0.4, -0.2) is 56.1 Å². The Morgan fingerprint density at radius 2 is 2.18 bits per heavy atom. The van der Waals surface area contributed by atoms with Crippen LogP contribution in [0, 0.1) is 6.92 Å². The van der Waals surface area contributed by atoms with E-state index in [2.05, 4.69) is 19.6 Å². The fourth-order valence-corrected chi connectivity index (χ4v) is 2.82. The summed E-state index contributed by atoms with van der Waals surface area (Å²) >= 11 is 0. The van der Waals surface area contributed by atoms with Crippen molar-refractivity contribution >= 4 is 5.97 Å². The molecule has 11 heteroatoms. The third-order valence-corrected chi connectivity index (χ3v) is 4.18. The van der Waals surface area contributed by atoms with Crippen molar-refractivity contribution in [2.45, 2.75) is 52.1 Å². The van der Waals surface area contributed by atoms with E-state index in [9.17, 15) is 13.2 Å². The van der Waals surface area contributed by atoms with E-state index in [0.717, 1.165) is 50.7 Å². The van der Waals surface area contributed by atoms with Crippen molar-refractivity contribution in [3.8, 4) is 0 Å². The molecule has 3 rings (SSSR count). The lowest BCUT2D eigenvalue weighted by atomic mass is 10.1. The number of halogens is 3. The van der Waals surface area contributed by atoms with Gasteiger partial charge >= 0.3 is 12.1 Å². The highest BCUT2D eigenvalue weighted by Gasteiger charge is 2.38. The molecule has 1 aliphatic heterocycles. The standard InChI is InChI=1S/C15H22N4O2.C2HF3O2/c1-3-20-10-14-4-5-18-11-16-7-15(18)9-19(14)8-13-6-12(2)21-17-13;3-2(4,5)1(6)7/h6-7,11,14H,3-5,8-10H2,1-2H3;(H,6,7). The molecule has 1 N–H and O–H groups in total. The third kappa shape index (κ3) is 6.34. The van der Waals surface area contributed by atoms with E-state index in [1.807, 2.05) is 32.4 Å². The minimum atomic E-state index is -5.08. The number of alkyl halides is 3. The second-order valence-electron chi connectivity index (χ2n) is 6.32. The maximum atomic E-state index is 10.6. The van der Waals surface area contributed by atoms with Gasteiger partial charge in [0.1, 0.15) is 5.76 Å². The molecule has 3 heterocycles. The summed E-state index contributed by atoms with van der Waals surface area (Å²) in [5.41, 5.74) is 2.22. The molecule has 2 aromatic heterocycles. The van der Waals surface area contributed by atoms with E-state index in [1.165, 1.54) is 5.69 Å². The monoisotopic (exact) mass is 404 g/mol. The Hall–Kier alpha value is -2.40. The molecule has 28 heavy (non-hydrogen) atoms. The summed E-state index contributed by atoms with van der Waals surface area (Å²) in [4.78, 5) is 15.6. The molecule has 0 saturated heterocycles. The molecule has 0 saturated carbocycles. The van der Waals surface area contributed by atoms with Gasteiger partial charge in [0.2, 0.25) is 0 Å². The topological polar surface area (TPSA) is 93.6 Å². The van der Waals surface area contributed by atoms with Gasteiger partial charge in [-0.05, 0) is 20.3 Å². The van der Waals surface area contributed by atoms with Crippen LogP contribution >= 0.6 is 0 Å². The molecular formula is C17H23F3N4O4.